The number of urea groups is 1. The smallest absolute Gasteiger partial charge is 0.308 e. The number of amides is 2. The highest BCUT2D eigenvalue weighted by molar-refractivity contribution is 7.80. The third-order valence-corrected chi connectivity index (χ3v) is 2.96. The predicted molar refractivity (Wildman–Crippen MR) is 79.8 cm³/mol. The van der Waals surface area contributed by atoms with E-state index >= 15 is 0 Å². The van der Waals surface area contributed by atoms with Crippen molar-refractivity contribution in [3.8, 4) is 0 Å². The minimum Gasteiger partial charge on any atom is -0.308 e. The van der Waals surface area contributed by atoms with E-state index in [0.29, 0.717) is 11.4 Å². The second kappa shape index (κ2) is 6.96. The van der Waals surface area contributed by atoms with E-state index < -0.39 is 34.6 Å². The molecule has 4 N–H and O–H groups in total. The molecule has 0 spiro atoms. The first-order chi connectivity index (χ1) is 10.5. The van der Waals surface area contributed by atoms with Gasteiger partial charge in [0.15, 0.2) is 0 Å². The Morgan fingerprint density at radius 3 is 2.05 bits per heavy atom. The van der Waals surface area contributed by atoms with Crippen LogP contribution in [-0.2, 0) is 11.3 Å². The molecule has 0 saturated heterocycles. The third-order valence-electron chi connectivity index (χ3n) is 2.55. The fourth-order valence-electron chi connectivity index (χ4n) is 1.62. The van der Waals surface area contributed by atoms with Gasteiger partial charge >= 0.3 is 6.03 Å². The van der Waals surface area contributed by atoms with Crippen LogP contribution in [0.15, 0.2) is 42.5 Å². The van der Waals surface area contributed by atoms with E-state index in [1.54, 1.807) is 0 Å². The number of para-hydroxylation sites is 1. The van der Waals surface area contributed by atoms with Crippen molar-refractivity contribution in [2.45, 2.75) is 0 Å². The summed E-state index contributed by atoms with van der Waals surface area (Å²) < 4.78 is 48.2. The highest BCUT2D eigenvalue weighted by atomic mass is 32.2. The first-order valence-corrected chi connectivity index (χ1v) is 7.06. The average Bonchev–Trinajstić information content (AvgIpc) is 2.45. The molecule has 2 amide bonds. The van der Waals surface area contributed by atoms with Crippen LogP contribution in [0.2, 0.25) is 0 Å². The van der Waals surface area contributed by atoms with Crippen LogP contribution in [0, 0.1) is 11.6 Å². The van der Waals surface area contributed by atoms with E-state index in [9.17, 15) is 17.8 Å². The molecule has 1 atom stereocenters. The van der Waals surface area contributed by atoms with Crippen molar-refractivity contribution in [2.24, 2.45) is 0 Å². The van der Waals surface area contributed by atoms with Crippen molar-refractivity contribution in [1.82, 2.24) is 0 Å². The SMILES string of the molecule is O=C(Nc1ccc(NS(=O)O)cc1)Nc1c(F)cccc1F. The molecule has 0 bridgehead atoms. The first kappa shape index (κ1) is 15.9. The van der Waals surface area contributed by atoms with Crippen LogP contribution >= 0.6 is 0 Å². The van der Waals surface area contributed by atoms with Crippen LogP contribution in [-0.4, -0.2) is 14.8 Å². The van der Waals surface area contributed by atoms with E-state index in [2.05, 4.69) is 15.4 Å². The quantitative estimate of drug-likeness (QED) is 0.650. The molecule has 0 aliphatic rings. The Hall–Kier alpha value is -2.52. The van der Waals surface area contributed by atoms with Gasteiger partial charge in [-0.3, -0.25) is 9.27 Å². The summed E-state index contributed by atoms with van der Waals surface area (Å²) in [7, 11) is 0. The number of rotatable bonds is 4. The van der Waals surface area contributed by atoms with Gasteiger partial charge in [0.25, 0.3) is 11.3 Å². The Labute approximate surface area is 127 Å². The first-order valence-electron chi connectivity index (χ1n) is 5.95. The molecule has 0 radical (unpaired) electrons. The van der Waals surface area contributed by atoms with Crippen LogP contribution in [0.3, 0.4) is 0 Å². The number of carbonyl (C=O) groups excluding carboxylic acids is 1. The maximum atomic E-state index is 13.4. The van der Waals surface area contributed by atoms with Crippen molar-refractivity contribution in [2.75, 3.05) is 15.4 Å². The maximum Gasteiger partial charge on any atom is 0.323 e. The molecule has 0 aliphatic heterocycles. The highest BCUT2D eigenvalue weighted by Crippen LogP contribution is 2.19. The number of anilines is 3. The van der Waals surface area contributed by atoms with E-state index in [0.717, 1.165) is 12.1 Å². The molecule has 22 heavy (non-hydrogen) atoms. The largest absolute Gasteiger partial charge is 0.323 e. The van der Waals surface area contributed by atoms with E-state index in [4.69, 9.17) is 4.55 Å². The van der Waals surface area contributed by atoms with Gasteiger partial charge in [0.05, 0.1) is 0 Å². The van der Waals surface area contributed by atoms with Gasteiger partial charge in [0, 0.05) is 11.4 Å². The number of carbonyl (C=O) groups is 1. The van der Waals surface area contributed by atoms with E-state index in [1.807, 2.05) is 0 Å². The molecule has 2 aromatic carbocycles. The lowest BCUT2D eigenvalue weighted by Gasteiger charge is -2.09. The minimum atomic E-state index is -2.20. The lowest BCUT2D eigenvalue weighted by Crippen LogP contribution is -2.20. The fourth-order valence-corrected chi connectivity index (χ4v) is 1.95. The summed E-state index contributed by atoms with van der Waals surface area (Å²) in [5.74, 6) is -1.78. The van der Waals surface area contributed by atoms with Crippen LogP contribution in [0.4, 0.5) is 30.6 Å². The number of benzene rings is 2. The molecule has 0 saturated carbocycles. The van der Waals surface area contributed by atoms with Gasteiger partial charge in [0.2, 0.25) is 0 Å². The molecule has 1 unspecified atom stereocenters. The Morgan fingerprint density at radius 1 is 0.955 bits per heavy atom. The Kier molecular flexibility index (Phi) is 5.02. The summed E-state index contributed by atoms with van der Waals surface area (Å²) in [6.45, 7) is 0. The fraction of sp³-hybridized carbons (Fsp3) is 0. The van der Waals surface area contributed by atoms with Gasteiger partial charge in [-0.1, -0.05) is 6.07 Å². The molecule has 0 aliphatic carbocycles. The molecule has 0 fully saturated rings. The molecule has 2 aromatic rings. The molecular formula is C13H11F2N3O3S. The number of halogens is 2. The van der Waals surface area contributed by atoms with Crippen LogP contribution in [0.25, 0.3) is 0 Å². The summed E-state index contributed by atoms with van der Waals surface area (Å²) >= 11 is -2.20. The standard InChI is InChI=1S/C13H11F2N3O3S/c14-10-2-1-3-11(15)12(10)17-13(19)16-8-4-6-9(7-5-8)18-22(20)21/h1-7,18H,(H,20,21)(H2,16,17,19). The lowest BCUT2D eigenvalue weighted by molar-refractivity contribution is 0.262. The van der Waals surface area contributed by atoms with Crippen LogP contribution < -0.4 is 15.4 Å². The van der Waals surface area contributed by atoms with Gasteiger partial charge in [-0.05, 0) is 36.4 Å². The van der Waals surface area contributed by atoms with E-state index in [1.165, 1.54) is 30.3 Å². The van der Waals surface area contributed by atoms with Crippen molar-refractivity contribution in [3.63, 3.8) is 0 Å². The van der Waals surface area contributed by atoms with E-state index in [-0.39, 0.29) is 0 Å². The Morgan fingerprint density at radius 2 is 1.50 bits per heavy atom. The second-order valence-corrected chi connectivity index (χ2v) is 4.81. The predicted octanol–water partition coefficient (Wildman–Crippen LogP) is 3.16. The number of hydrogen-bond acceptors (Lipinski definition) is 2. The van der Waals surface area contributed by atoms with Gasteiger partial charge in [0.1, 0.15) is 17.3 Å². The zero-order valence-electron chi connectivity index (χ0n) is 11.0. The zero-order chi connectivity index (χ0) is 16.1. The molecule has 116 valence electrons. The topological polar surface area (TPSA) is 90.5 Å². The van der Waals surface area contributed by atoms with Gasteiger partial charge in [-0.15, -0.1) is 0 Å². The summed E-state index contributed by atoms with van der Waals surface area (Å²) in [5, 5.41) is 4.45. The normalized spacial score (nSPS) is 11.6. The van der Waals surface area contributed by atoms with Crippen LogP contribution in [0.1, 0.15) is 0 Å². The number of hydrogen-bond donors (Lipinski definition) is 4. The van der Waals surface area contributed by atoms with Gasteiger partial charge in [-0.25, -0.2) is 17.8 Å². The Bertz CT molecular complexity index is 690. The summed E-state index contributed by atoms with van der Waals surface area (Å²) in [6, 6.07) is 8.21. The molecule has 0 aromatic heterocycles. The van der Waals surface area contributed by atoms with Crippen LogP contribution in [0.5, 0.6) is 0 Å². The molecule has 0 heterocycles. The molecule has 9 heteroatoms. The summed E-state index contributed by atoms with van der Waals surface area (Å²) in [5.41, 5.74) is 0.157. The van der Waals surface area contributed by atoms with Crippen molar-refractivity contribution in [1.29, 1.82) is 0 Å². The maximum absolute atomic E-state index is 13.4. The van der Waals surface area contributed by atoms with Gasteiger partial charge in [-0.2, -0.15) is 0 Å². The van der Waals surface area contributed by atoms with Crippen molar-refractivity contribution >= 4 is 34.4 Å². The minimum absolute atomic E-state index is 0.337. The summed E-state index contributed by atoms with van der Waals surface area (Å²) in [4.78, 5) is 11.7. The van der Waals surface area contributed by atoms with Gasteiger partial charge < -0.3 is 10.6 Å². The second-order valence-electron chi connectivity index (χ2n) is 4.10. The summed E-state index contributed by atoms with van der Waals surface area (Å²) in [6.07, 6.45) is 0. The average molecular weight is 327 g/mol. The van der Waals surface area contributed by atoms with Crippen molar-refractivity contribution in [3.05, 3.63) is 54.1 Å². The lowest BCUT2D eigenvalue weighted by atomic mass is 10.3. The third kappa shape index (κ3) is 4.24. The molecule has 2 rings (SSSR count). The highest BCUT2D eigenvalue weighted by Gasteiger charge is 2.11. The molecule has 6 nitrogen and oxygen atoms in total. The monoisotopic (exact) mass is 327 g/mol. The van der Waals surface area contributed by atoms with Crippen molar-refractivity contribution < 1.29 is 22.3 Å². The number of nitrogens with one attached hydrogen (secondary N) is 3. The zero-order valence-corrected chi connectivity index (χ0v) is 11.8. The Balaban J connectivity index is 2.01. The molecular weight excluding hydrogens is 316 g/mol.